The summed E-state index contributed by atoms with van der Waals surface area (Å²) in [5.41, 5.74) is -0.303. The minimum Gasteiger partial charge on any atom is -0.477 e. The quantitative estimate of drug-likeness (QED) is 0.671. The molecule has 0 aromatic carbocycles. The number of nitrogens with zero attached hydrogens (tertiary/aromatic N) is 3. The second-order valence-corrected chi connectivity index (χ2v) is 5.25. The van der Waals surface area contributed by atoms with E-state index in [1.54, 1.807) is 0 Å². The smallest absolute Gasteiger partial charge is 0.354 e. The van der Waals surface area contributed by atoms with Gasteiger partial charge in [0.05, 0.1) is 4.92 Å². The Labute approximate surface area is 116 Å². The van der Waals surface area contributed by atoms with Crippen LogP contribution in [0.5, 0.6) is 0 Å². The fourth-order valence-electron chi connectivity index (χ4n) is 2.66. The lowest BCUT2D eigenvalue weighted by Crippen LogP contribution is -2.34. The third-order valence-corrected chi connectivity index (χ3v) is 3.61. The van der Waals surface area contributed by atoms with Crippen LogP contribution >= 0.6 is 0 Å². The first-order chi connectivity index (χ1) is 9.41. The second kappa shape index (κ2) is 5.44. The molecular formula is C13H17N3O4. The summed E-state index contributed by atoms with van der Waals surface area (Å²) < 4.78 is 0. The third-order valence-electron chi connectivity index (χ3n) is 3.61. The first-order valence-electron chi connectivity index (χ1n) is 6.57. The van der Waals surface area contributed by atoms with Gasteiger partial charge in [0.1, 0.15) is 0 Å². The average molecular weight is 279 g/mol. The molecule has 2 rings (SSSR count). The number of hydrogen-bond donors (Lipinski definition) is 1. The van der Waals surface area contributed by atoms with Crippen LogP contribution in [0.3, 0.4) is 0 Å². The number of nitro groups is 1. The number of aromatic nitrogens is 1. The van der Waals surface area contributed by atoms with E-state index < -0.39 is 10.9 Å². The summed E-state index contributed by atoms with van der Waals surface area (Å²) >= 11 is 0. The van der Waals surface area contributed by atoms with Gasteiger partial charge in [0.15, 0.2) is 5.69 Å². The molecule has 108 valence electrons. The zero-order chi connectivity index (χ0) is 14.9. The van der Waals surface area contributed by atoms with Crippen molar-refractivity contribution in [3.05, 3.63) is 27.9 Å². The number of carboxylic acid groups (broad SMARTS) is 1. The van der Waals surface area contributed by atoms with Gasteiger partial charge in [-0.15, -0.1) is 0 Å². The fraction of sp³-hybridized carbons (Fsp3) is 0.538. The highest BCUT2D eigenvalue weighted by molar-refractivity contribution is 5.86. The molecule has 0 aliphatic carbocycles. The Balaban J connectivity index is 2.49. The van der Waals surface area contributed by atoms with Crippen molar-refractivity contribution in [1.29, 1.82) is 0 Å². The molecule has 1 fully saturated rings. The van der Waals surface area contributed by atoms with Crippen molar-refractivity contribution in [3.63, 3.8) is 0 Å². The third kappa shape index (κ3) is 2.56. The predicted octanol–water partition coefficient (Wildman–Crippen LogP) is 2.31. The Hall–Kier alpha value is -2.18. The van der Waals surface area contributed by atoms with Crippen LogP contribution in [0.25, 0.3) is 0 Å². The lowest BCUT2D eigenvalue weighted by atomic mass is 10.0. The highest BCUT2D eigenvalue weighted by Gasteiger charge is 2.33. The maximum atomic E-state index is 11.1. The Morgan fingerprint density at radius 1 is 1.55 bits per heavy atom. The van der Waals surface area contributed by atoms with Gasteiger partial charge in [0.2, 0.25) is 5.82 Å². The molecule has 7 heteroatoms. The van der Waals surface area contributed by atoms with E-state index in [0.29, 0.717) is 12.5 Å². The van der Waals surface area contributed by atoms with E-state index in [1.165, 1.54) is 12.1 Å². The first-order valence-corrected chi connectivity index (χ1v) is 6.57. The molecule has 7 nitrogen and oxygen atoms in total. The molecule has 0 radical (unpaired) electrons. The first kappa shape index (κ1) is 14.2. The molecule has 1 aliphatic rings. The van der Waals surface area contributed by atoms with E-state index in [0.717, 1.165) is 12.8 Å². The maximum Gasteiger partial charge on any atom is 0.354 e. The molecule has 0 amide bonds. The minimum absolute atomic E-state index is 0.137. The van der Waals surface area contributed by atoms with Crippen LogP contribution in [-0.4, -0.2) is 33.6 Å². The summed E-state index contributed by atoms with van der Waals surface area (Å²) in [7, 11) is 0. The molecule has 1 aromatic heterocycles. The van der Waals surface area contributed by atoms with Gasteiger partial charge >= 0.3 is 11.7 Å². The summed E-state index contributed by atoms with van der Waals surface area (Å²) in [6, 6.07) is 2.55. The van der Waals surface area contributed by atoms with Crippen LogP contribution in [0.15, 0.2) is 12.1 Å². The highest BCUT2D eigenvalue weighted by Crippen LogP contribution is 2.34. The molecule has 0 bridgehead atoms. The molecular weight excluding hydrogens is 262 g/mol. The maximum absolute atomic E-state index is 11.1. The number of carbonyl (C=O) groups is 1. The zero-order valence-corrected chi connectivity index (χ0v) is 11.4. The van der Waals surface area contributed by atoms with Gasteiger partial charge in [-0.05, 0) is 24.8 Å². The molecule has 20 heavy (non-hydrogen) atoms. The van der Waals surface area contributed by atoms with E-state index in [1.807, 2.05) is 4.90 Å². The van der Waals surface area contributed by atoms with Gasteiger partial charge in [-0.3, -0.25) is 10.1 Å². The number of carboxylic acids is 1. The van der Waals surface area contributed by atoms with Crippen LogP contribution in [0.4, 0.5) is 11.5 Å². The number of anilines is 1. The van der Waals surface area contributed by atoms with Crippen molar-refractivity contribution < 1.29 is 14.8 Å². The number of hydrogen-bond acceptors (Lipinski definition) is 5. The molecule has 1 aliphatic heterocycles. The van der Waals surface area contributed by atoms with Crippen molar-refractivity contribution in [2.45, 2.75) is 32.7 Å². The summed E-state index contributed by atoms with van der Waals surface area (Å²) in [5, 5.41) is 20.1. The molecule has 1 N–H and O–H groups in total. The van der Waals surface area contributed by atoms with Crippen molar-refractivity contribution in [1.82, 2.24) is 4.98 Å². The standard InChI is InChI=1S/C13H17N3O4/c1-8(2)10-4-3-7-15(10)12-11(16(19)20)6-5-9(14-12)13(17)18/h5-6,8,10H,3-4,7H2,1-2H3,(H,17,18). The van der Waals surface area contributed by atoms with E-state index in [4.69, 9.17) is 5.11 Å². The van der Waals surface area contributed by atoms with Gasteiger partial charge in [0, 0.05) is 18.7 Å². The largest absolute Gasteiger partial charge is 0.477 e. The average Bonchev–Trinajstić information content (AvgIpc) is 2.86. The Morgan fingerprint density at radius 2 is 2.25 bits per heavy atom. The van der Waals surface area contributed by atoms with E-state index in [9.17, 15) is 14.9 Å². The molecule has 1 aromatic rings. The van der Waals surface area contributed by atoms with Crippen LogP contribution in [-0.2, 0) is 0 Å². The normalized spacial score (nSPS) is 18.6. The van der Waals surface area contributed by atoms with E-state index >= 15 is 0 Å². The van der Waals surface area contributed by atoms with Crippen LogP contribution in [0.2, 0.25) is 0 Å². The Kier molecular flexibility index (Phi) is 3.87. The van der Waals surface area contributed by atoms with Gasteiger partial charge in [-0.2, -0.15) is 0 Å². The molecule has 1 atom stereocenters. The lowest BCUT2D eigenvalue weighted by molar-refractivity contribution is -0.384. The molecule has 0 saturated carbocycles. The van der Waals surface area contributed by atoms with Crippen molar-refractivity contribution in [2.75, 3.05) is 11.4 Å². The summed E-state index contributed by atoms with van der Waals surface area (Å²) in [6.45, 7) is 4.77. The van der Waals surface area contributed by atoms with Crippen LogP contribution < -0.4 is 4.90 Å². The molecule has 1 unspecified atom stereocenters. The Bertz CT molecular complexity index is 544. The van der Waals surface area contributed by atoms with Crippen molar-refractivity contribution in [3.8, 4) is 0 Å². The number of aromatic carboxylic acids is 1. The van der Waals surface area contributed by atoms with Crippen LogP contribution in [0.1, 0.15) is 37.2 Å². The second-order valence-electron chi connectivity index (χ2n) is 5.25. The topological polar surface area (TPSA) is 96.6 Å². The van der Waals surface area contributed by atoms with E-state index in [-0.39, 0.29) is 23.2 Å². The van der Waals surface area contributed by atoms with Crippen molar-refractivity contribution in [2.24, 2.45) is 5.92 Å². The predicted molar refractivity (Wildman–Crippen MR) is 73.1 cm³/mol. The SMILES string of the molecule is CC(C)C1CCCN1c1nc(C(=O)O)ccc1[N+](=O)[O-]. The fourth-order valence-corrected chi connectivity index (χ4v) is 2.66. The summed E-state index contributed by atoms with van der Waals surface area (Å²) in [5.74, 6) is -0.681. The van der Waals surface area contributed by atoms with Gasteiger partial charge in [-0.25, -0.2) is 9.78 Å². The van der Waals surface area contributed by atoms with Gasteiger partial charge in [0.25, 0.3) is 0 Å². The number of pyridine rings is 1. The Morgan fingerprint density at radius 3 is 2.80 bits per heavy atom. The monoisotopic (exact) mass is 279 g/mol. The van der Waals surface area contributed by atoms with E-state index in [2.05, 4.69) is 18.8 Å². The highest BCUT2D eigenvalue weighted by atomic mass is 16.6. The summed E-state index contributed by atoms with van der Waals surface area (Å²) in [6.07, 6.45) is 1.87. The van der Waals surface area contributed by atoms with Gasteiger partial charge in [-0.1, -0.05) is 13.8 Å². The minimum atomic E-state index is -1.18. The zero-order valence-electron chi connectivity index (χ0n) is 11.4. The lowest BCUT2D eigenvalue weighted by Gasteiger charge is -2.28. The molecule has 1 saturated heterocycles. The van der Waals surface area contributed by atoms with Gasteiger partial charge < -0.3 is 10.0 Å². The molecule has 0 spiro atoms. The van der Waals surface area contributed by atoms with Crippen molar-refractivity contribution >= 4 is 17.5 Å². The molecule has 2 heterocycles. The summed E-state index contributed by atoms with van der Waals surface area (Å²) in [4.78, 5) is 27.5. The van der Waals surface area contributed by atoms with Crippen LogP contribution in [0, 0.1) is 16.0 Å². The number of rotatable bonds is 4.